The van der Waals surface area contributed by atoms with Crippen LogP contribution in [0.1, 0.15) is 47.2 Å². The molecule has 0 saturated carbocycles. The molecule has 36 heavy (non-hydrogen) atoms. The van der Waals surface area contributed by atoms with Gasteiger partial charge in [-0.1, -0.05) is 67.4 Å². The Balaban J connectivity index is 1.56. The van der Waals surface area contributed by atoms with Crippen molar-refractivity contribution in [3.05, 3.63) is 93.8 Å². The van der Waals surface area contributed by atoms with Gasteiger partial charge in [-0.25, -0.2) is 18.1 Å². The minimum absolute atomic E-state index is 0.0744. The largest absolute Gasteiger partial charge is 0.390 e. The fourth-order valence-electron chi connectivity index (χ4n) is 3.88. The van der Waals surface area contributed by atoms with Crippen LogP contribution in [0.4, 0.5) is 0 Å². The number of aryl methyl sites for hydroxylation is 1. The van der Waals surface area contributed by atoms with Gasteiger partial charge in [0.25, 0.3) is 15.9 Å². The van der Waals surface area contributed by atoms with Crippen molar-refractivity contribution >= 4 is 38.9 Å². The summed E-state index contributed by atoms with van der Waals surface area (Å²) in [4.78, 5) is 16.9. The van der Waals surface area contributed by atoms with Crippen molar-refractivity contribution < 1.29 is 18.3 Å². The van der Waals surface area contributed by atoms with E-state index in [1.165, 1.54) is 0 Å². The number of aliphatic hydroxyl groups is 1. The first kappa shape index (κ1) is 26.1. The van der Waals surface area contributed by atoms with Crippen molar-refractivity contribution in [1.82, 2.24) is 14.3 Å². The maximum Gasteiger partial charge on any atom is 0.274 e. The fraction of sp³-hybridized carbons (Fsp3) is 0.231. The van der Waals surface area contributed by atoms with Crippen molar-refractivity contribution in [2.75, 3.05) is 0 Å². The fourth-order valence-corrected chi connectivity index (χ4v) is 6.50. The van der Waals surface area contributed by atoms with Crippen LogP contribution in [0, 0.1) is 0 Å². The second kappa shape index (κ2) is 11.4. The average molecular weight is 544 g/mol. The Labute approximate surface area is 219 Å². The smallest absolute Gasteiger partial charge is 0.274 e. The second-order valence-corrected chi connectivity index (χ2v) is 11.4. The SMILES string of the molecule is CCCCc1nc(Cl)c(CO)n1Cc1ccc(-c2ccsc2S(=O)(=O)NC(=O)c2ccccc2)cc1. The number of thiophene rings is 1. The summed E-state index contributed by atoms with van der Waals surface area (Å²) in [7, 11) is -4.06. The molecule has 0 atom stereocenters. The molecule has 2 aromatic heterocycles. The van der Waals surface area contributed by atoms with Crippen molar-refractivity contribution in [3.63, 3.8) is 0 Å². The van der Waals surface area contributed by atoms with Crippen LogP contribution in [0.15, 0.2) is 70.3 Å². The molecule has 0 aliphatic heterocycles. The molecule has 2 aromatic carbocycles. The van der Waals surface area contributed by atoms with Gasteiger partial charge < -0.3 is 9.67 Å². The molecule has 0 aliphatic rings. The van der Waals surface area contributed by atoms with Gasteiger partial charge >= 0.3 is 0 Å². The van der Waals surface area contributed by atoms with E-state index < -0.39 is 15.9 Å². The maximum absolute atomic E-state index is 13.0. The Morgan fingerprint density at radius 1 is 1.11 bits per heavy atom. The minimum Gasteiger partial charge on any atom is -0.390 e. The summed E-state index contributed by atoms with van der Waals surface area (Å²) in [6.45, 7) is 2.38. The van der Waals surface area contributed by atoms with E-state index in [-0.39, 0.29) is 16.4 Å². The number of imidazole rings is 1. The van der Waals surface area contributed by atoms with E-state index in [2.05, 4.69) is 16.6 Å². The molecule has 0 saturated heterocycles. The third-order valence-electron chi connectivity index (χ3n) is 5.75. The van der Waals surface area contributed by atoms with Crippen LogP contribution in [0.25, 0.3) is 11.1 Å². The number of sulfonamides is 1. The molecule has 2 N–H and O–H groups in total. The van der Waals surface area contributed by atoms with Gasteiger partial charge in [0, 0.05) is 24.1 Å². The Bertz CT molecular complexity index is 1450. The van der Waals surface area contributed by atoms with Gasteiger partial charge in [-0.05, 0) is 41.1 Å². The van der Waals surface area contributed by atoms with E-state index in [9.17, 15) is 18.3 Å². The number of benzene rings is 2. The Morgan fingerprint density at radius 2 is 1.83 bits per heavy atom. The molecule has 0 radical (unpaired) electrons. The monoisotopic (exact) mass is 543 g/mol. The Morgan fingerprint density at radius 3 is 2.50 bits per heavy atom. The number of nitrogens with zero attached hydrogens (tertiary/aromatic N) is 2. The molecular formula is C26H26ClN3O4S2. The molecule has 0 fully saturated rings. The molecule has 10 heteroatoms. The van der Waals surface area contributed by atoms with Crippen LogP contribution in [0.2, 0.25) is 5.15 Å². The number of hydrogen-bond acceptors (Lipinski definition) is 6. The lowest BCUT2D eigenvalue weighted by molar-refractivity contribution is 0.0981. The van der Waals surface area contributed by atoms with Crippen LogP contribution in [-0.4, -0.2) is 29.0 Å². The number of rotatable bonds is 10. The van der Waals surface area contributed by atoms with Gasteiger partial charge in [-0.2, -0.15) is 0 Å². The summed E-state index contributed by atoms with van der Waals surface area (Å²) >= 11 is 7.30. The normalized spacial score (nSPS) is 11.5. The molecular weight excluding hydrogens is 518 g/mol. The number of carbonyl (C=O) groups excluding carboxylic acids is 1. The first-order valence-corrected chi connectivity index (χ1v) is 14.2. The van der Waals surface area contributed by atoms with Gasteiger partial charge in [0.1, 0.15) is 10.0 Å². The Hall–Kier alpha value is -2.98. The Kier molecular flexibility index (Phi) is 8.25. The van der Waals surface area contributed by atoms with Crippen LogP contribution >= 0.6 is 22.9 Å². The van der Waals surface area contributed by atoms with E-state index in [1.807, 2.05) is 28.8 Å². The van der Waals surface area contributed by atoms with E-state index in [4.69, 9.17) is 11.6 Å². The van der Waals surface area contributed by atoms with Gasteiger partial charge in [-0.3, -0.25) is 4.79 Å². The number of carbonyl (C=O) groups is 1. The number of halogens is 1. The quantitative estimate of drug-likeness (QED) is 0.284. The van der Waals surface area contributed by atoms with E-state index in [0.717, 1.165) is 42.0 Å². The van der Waals surface area contributed by atoms with E-state index >= 15 is 0 Å². The van der Waals surface area contributed by atoms with Crippen molar-refractivity contribution in [3.8, 4) is 11.1 Å². The molecule has 0 spiro atoms. The standard InChI is InChI=1S/C26H26ClN3O4S2/c1-2-3-9-23-28-24(27)22(17-31)30(23)16-18-10-12-19(13-11-18)21-14-15-35-26(21)36(33,34)29-25(32)20-7-5-4-6-8-20/h4-8,10-15,31H,2-3,9,16-17H2,1H3,(H,29,32). The molecule has 0 bridgehead atoms. The van der Waals surface area contributed by atoms with Crippen LogP contribution in [0.3, 0.4) is 0 Å². The summed E-state index contributed by atoms with van der Waals surface area (Å²) in [5, 5.41) is 11.8. The van der Waals surface area contributed by atoms with Crippen molar-refractivity contribution in [1.29, 1.82) is 0 Å². The van der Waals surface area contributed by atoms with Crippen LogP contribution in [-0.2, 0) is 29.6 Å². The highest BCUT2D eigenvalue weighted by Crippen LogP contribution is 2.32. The summed E-state index contributed by atoms with van der Waals surface area (Å²) in [5.74, 6) is 0.151. The van der Waals surface area contributed by atoms with Crippen LogP contribution < -0.4 is 4.72 Å². The van der Waals surface area contributed by atoms with E-state index in [0.29, 0.717) is 28.5 Å². The molecule has 1 amide bonds. The predicted octanol–water partition coefficient (Wildman–Crippen LogP) is 5.27. The molecule has 0 aliphatic carbocycles. The van der Waals surface area contributed by atoms with Crippen LogP contribution in [0.5, 0.6) is 0 Å². The number of hydrogen-bond donors (Lipinski definition) is 2. The minimum atomic E-state index is -4.06. The third kappa shape index (κ3) is 5.70. The first-order chi connectivity index (χ1) is 17.3. The summed E-state index contributed by atoms with van der Waals surface area (Å²) < 4.78 is 30.2. The average Bonchev–Trinajstić information content (AvgIpc) is 3.49. The van der Waals surface area contributed by atoms with Crippen molar-refractivity contribution in [2.45, 2.75) is 43.5 Å². The lowest BCUT2D eigenvalue weighted by Gasteiger charge is -2.12. The van der Waals surface area contributed by atoms with E-state index in [1.54, 1.807) is 41.8 Å². The number of unbranched alkanes of at least 4 members (excludes halogenated alkanes) is 1. The topological polar surface area (TPSA) is 101 Å². The molecule has 4 aromatic rings. The summed E-state index contributed by atoms with van der Waals surface area (Å²) in [6.07, 6.45) is 2.75. The second-order valence-electron chi connectivity index (χ2n) is 8.23. The van der Waals surface area contributed by atoms with Gasteiger partial charge in [0.2, 0.25) is 0 Å². The van der Waals surface area contributed by atoms with Gasteiger partial charge in [0.15, 0.2) is 5.15 Å². The highest BCUT2D eigenvalue weighted by Gasteiger charge is 2.24. The summed E-state index contributed by atoms with van der Waals surface area (Å²) in [5.41, 5.74) is 3.03. The molecule has 188 valence electrons. The lowest BCUT2D eigenvalue weighted by atomic mass is 10.1. The number of aromatic nitrogens is 2. The highest BCUT2D eigenvalue weighted by molar-refractivity contribution is 7.92. The number of nitrogens with one attached hydrogen (secondary N) is 1. The first-order valence-electron chi connectivity index (χ1n) is 11.5. The zero-order chi connectivity index (χ0) is 25.7. The maximum atomic E-state index is 13.0. The number of aliphatic hydroxyl groups excluding tert-OH is 1. The van der Waals surface area contributed by atoms with Gasteiger partial charge in [-0.15, -0.1) is 11.3 Å². The zero-order valence-corrected chi connectivity index (χ0v) is 22.0. The summed E-state index contributed by atoms with van der Waals surface area (Å²) in [6, 6.07) is 17.4. The third-order valence-corrected chi connectivity index (χ3v) is 8.87. The lowest BCUT2D eigenvalue weighted by Crippen LogP contribution is -2.30. The van der Waals surface area contributed by atoms with Gasteiger partial charge in [0.05, 0.1) is 12.3 Å². The molecule has 4 rings (SSSR count). The highest BCUT2D eigenvalue weighted by atomic mass is 35.5. The molecule has 7 nitrogen and oxygen atoms in total. The zero-order valence-electron chi connectivity index (χ0n) is 19.6. The number of amides is 1. The van der Waals surface area contributed by atoms with Crippen molar-refractivity contribution in [2.24, 2.45) is 0 Å². The predicted molar refractivity (Wildman–Crippen MR) is 142 cm³/mol. The molecule has 2 heterocycles. The molecule has 0 unspecified atom stereocenters.